The van der Waals surface area contributed by atoms with Crippen LogP contribution in [0.3, 0.4) is 0 Å². The first kappa shape index (κ1) is 20.5. The summed E-state index contributed by atoms with van der Waals surface area (Å²) in [5.41, 5.74) is 3.53. The zero-order chi connectivity index (χ0) is 23.6. The molecule has 4 atom stereocenters. The maximum absolute atomic E-state index is 13.0. The highest BCUT2D eigenvalue weighted by Crippen LogP contribution is 2.52. The molecule has 0 N–H and O–H groups in total. The van der Waals surface area contributed by atoms with Crippen molar-refractivity contribution in [2.24, 2.45) is 28.8 Å². The number of nitrogens with zero attached hydrogens (tertiary/aromatic N) is 4. The quantitative estimate of drug-likeness (QED) is 0.191. The van der Waals surface area contributed by atoms with Gasteiger partial charge in [-0.2, -0.15) is 10.1 Å². The van der Waals surface area contributed by atoms with Crippen molar-refractivity contribution in [1.82, 2.24) is 9.58 Å². The molecule has 2 amide bonds. The van der Waals surface area contributed by atoms with Gasteiger partial charge >= 0.3 is 0 Å². The maximum atomic E-state index is 13.0. The molecule has 2 aliphatic carbocycles. The molecule has 8 nitrogen and oxygen atoms in total. The van der Waals surface area contributed by atoms with E-state index < -0.39 is 4.92 Å². The van der Waals surface area contributed by atoms with E-state index in [1.807, 2.05) is 37.3 Å². The number of carbonyl (C=O) groups is 2. The summed E-state index contributed by atoms with van der Waals surface area (Å²) in [5.74, 6) is -0.690. The lowest BCUT2D eigenvalue weighted by Crippen LogP contribution is -2.28. The van der Waals surface area contributed by atoms with Gasteiger partial charge in [-0.1, -0.05) is 42.5 Å². The van der Waals surface area contributed by atoms with Crippen LogP contribution in [0.2, 0.25) is 0 Å². The second-order valence-electron chi connectivity index (χ2n) is 9.26. The van der Waals surface area contributed by atoms with Crippen LogP contribution in [-0.2, 0) is 16.1 Å². The smallest absolute Gasteiger partial charge is 0.269 e. The van der Waals surface area contributed by atoms with Gasteiger partial charge in [-0.25, -0.2) is 0 Å². The predicted octanol–water partition coefficient (Wildman–Crippen LogP) is 4.05. The fourth-order valence-electron chi connectivity index (χ4n) is 5.89. The van der Waals surface area contributed by atoms with E-state index in [4.69, 9.17) is 0 Å². The van der Waals surface area contributed by atoms with E-state index >= 15 is 0 Å². The van der Waals surface area contributed by atoms with Gasteiger partial charge in [0.15, 0.2) is 0 Å². The third-order valence-corrected chi connectivity index (χ3v) is 7.49. The van der Waals surface area contributed by atoms with Crippen molar-refractivity contribution in [2.45, 2.75) is 19.9 Å². The van der Waals surface area contributed by atoms with Crippen molar-refractivity contribution in [3.05, 3.63) is 87.6 Å². The van der Waals surface area contributed by atoms with Crippen LogP contribution in [0.4, 0.5) is 5.69 Å². The number of rotatable bonds is 5. The molecule has 8 heteroatoms. The van der Waals surface area contributed by atoms with Gasteiger partial charge in [0.25, 0.3) is 17.5 Å². The van der Waals surface area contributed by atoms with Crippen LogP contribution in [0, 0.1) is 40.7 Å². The van der Waals surface area contributed by atoms with Crippen molar-refractivity contribution in [1.29, 1.82) is 0 Å². The number of nitro benzene ring substituents is 1. The molecule has 1 aromatic heterocycles. The summed E-state index contributed by atoms with van der Waals surface area (Å²) >= 11 is 0. The fourth-order valence-corrected chi connectivity index (χ4v) is 5.89. The lowest BCUT2D eigenvalue weighted by atomic mass is 9.85. The highest BCUT2D eigenvalue weighted by Gasteiger charge is 2.59. The Bertz CT molecular complexity index is 1410. The number of hydrogen-bond acceptors (Lipinski definition) is 5. The number of nitro groups is 1. The normalized spacial score (nSPS) is 25.3. The van der Waals surface area contributed by atoms with Crippen LogP contribution in [0.1, 0.15) is 23.2 Å². The molecule has 2 aromatic carbocycles. The van der Waals surface area contributed by atoms with Crippen LogP contribution in [0.5, 0.6) is 0 Å². The summed E-state index contributed by atoms with van der Waals surface area (Å²) in [4.78, 5) is 36.8. The van der Waals surface area contributed by atoms with Gasteiger partial charge < -0.3 is 4.57 Å². The predicted molar refractivity (Wildman–Crippen MR) is 126 cm³/mol. The summed E-state index contributed by atoms with van der Waals surface area (Å²) in [6.45, 7) is 2.40. The Morgan fingerprint density at radius 3 is 2.47 bits per heavy atom. The minimum absolute atomic E-state index is 0.0495. The molecule has 2 heterocycles. The van der Waals surface area contributed by atoms with Crippen molar-refractivity contribution >= 4 is 34.6 Å². The maximum Gasteiger partial charge on any atom is 0.269 e. The summed E-state index contributed by atoms with van der Waals surface area (Å²) in [5, 5.41) is 17.6. The van der Waals surface area contributed by atoms with Gasteiger partial charge in [-0.3, -0.25) is 19.7 Å². The average molecular weight is 454 g/mol. The molecule has 2 bridgehead atoms. The Morgan fingerprint density at radius 2 is 1.76 bits per heavy atom. The van der Waals surface area contributed by atoms with Crippen molar-refractivity contribution in [3.63, 3.8) is 0 Å². The molecule has 3 aliphatic rings. The van der Waals surface area contributed by atoms with Crippen molar-refractivity contribution in [3.8, 4) is 0 Å². The fraction of sp³-hybridized carbons (Fsp3) is 0.269. The topological polar surface area (TPSA) is 97.8 Å². The SMILES string of the molecule is Cc1c(C=NN2C(=O)C3C4C=CC(C4)C3C2=O)c2ccccc2n1Cc1cccc([N+](=O)[O-])c1. The van der Waals surface area contributed by atoms with Crippen LogP contribution in [0.15, 0.2) is 65.8 Å². The Morgan fingerprint density at radius 1 is 1.06 bits per heavy atom. The van der Waals surface area contributed by atoms with Gasteiger partial charge in [0.2, 0.25) is 0 Å². The molecule has 0 spiro atoms. The Kier molecular flexibility index (Phi) is 4.52. The molecule has 1 aliphatic heterocycles. The van der Waals surface area contributed by atoms with E-state index in [9.17, 15) is 19.7 Å². The zero-order valence-corrected chi connectivity index (χ0v) is 18.5. The second-order valence-corrected chi connectivity index (χ2v) is 9.26. The first-order valence-corrected chi connectivity index (χ1v) is 11.4. The summed E-state index contributed by atoms with van der Waals surface area (Å²) in [7, 11) is 0. The average Bonchev–Trinajstić information content (AvgIpc) is 3.57. The van der Waals surface area contributed by atoms with Crippen LogP contribution >= 0.6 is 0 Å². The van der Waals surface area contributed by atoms with Gasteiger partial charge in [-0.15, -0.1) is 0 Å². The minimum Gasteiger partial charge on any atom is -0.340 e. The summed E-state index contributed by atoms with van der Waals surface area (Å²) in [6, 6.07) is 14.4. The van der Waals surface area contributed by atoms with Crippen LogP contribution in [-0.4, -0.2) is 32.5 Å². The molecule has 6 rings (SSSR count). The van der Waals surface area contributed by atoms with Gasteiger partial charge in [0, 0.05) is 40.8 Å². The number of imide groups is 1. The number of hydrazone groups is 1. The van der Waals surface area contributed by atoms with E-state index in [0.717, 1.165) is 39.2 Å². The summed E-state index contributed by atoms with van der Waals surface area (Å²) in [6.07, 6.45) is 6.62. The number of allylic oxidation sites excluding steroid dienone is 2. The van der Waals surface area contributed by atoms with Gasteiger partial charge in [0.1, 0.15) is 0 Å². The number of amides is 2. The highest BCUT2D eigenvalue weighted by atomic mass is 16.6. The molecule has 170 valence electrons. The number of fused-ring (bicyclic) bond motifs is 6. The van der Waals surface area contributed by atoms with Crippen molar-refractivity contribution in [2.75, 3.05) is 0 Å². The lowest BCUT2D eigenvalue weighted by Gasteiger charge is -2.13. The number of hydrogen-bond donors (Lipinski definition) is 0. The molecule has 34 heavy (non-hydrogen) atoms. The zero-order valence-electron chi connectivity index (χ0n) is 18.5. The first-order chi connectivity index (χ1) is 16.4. The van der Waals surface area contributed by atoms with E-state index in [1.54, 1.807) is 18.3 Å². The Labute approximate surface area is 195 Å². The molecule has 1 saturated heterocycles. The Hall–Kier alpha value is -4.07. The molecular formula is C26H22N4O4. The third-order valence-electron chi connectivity index (χ3n) is 7.49. The second kappa shape index (κ2) is 7.48. The number of benzene rings is 2. The molecule has 0 radical (unpaired) electrons. The monoisotopic (exact) mass is 454 g/mol. The molecule has 1 saturated carbocycles. The molecule has 4 unspecified atom stereocenters. The number of aromatic nitrogens is 1. The highest BCUT2D eigenvalue weighted by molar-refractivity contribution is 6.08. The first-order valence-electron chi connectivity index (χ1n) is 11.4. The van der Waals surface area contributed by atoms with Crippen LogP contribution in [0.25, 0.3) is 10.9 Å². The van der Waals surface area contributed by atoms with Crippen LogP contribution < -0.4 is 0 Å². The Balaban J connectivity index is 1.35. The van der Waals surface area contributed by atoms with Gasteiger partial charge in [-0.05, 0) is 36.8 Å². The van der Waals surface area contributed by atoms with Crippen molar-refractivity contribution < 1.29 is 14.5 Å². The van der Waals surface area contributed by atoms with E-state index in [1.165, 1.54) is 6.07 Å². The summed E-state index contributed by atoms with van der Waals surface area (Å²) < 4.78 is 2.07. The molecule has 2 fully saturated rings. The third kappa shape index (κ3) is 2.95. The molecular weight excluding hydrogens is 432 g/mol. The largest absolute Gasteiger partial charge is 0.340 e. The van der Waals surface area contributed by atoms with E-state index in [0.29, 0.717) is 6.54 Å². The lowest BCUT2D eigenvalue weighted by molar-refractivity contribution is -0.384. The standard InChI is InChI=1S/C26H22N4O4/c1-15-21(13-27-29-25(31)23-17-9-10-18(12-17)24(23)26(29)32)20-7-2-3-8-22(20)28(15)14-16-5-4-6-19(11-16)30(33)34/h2-11,13,17-18,23-24H,12,14H2,1H3. The number of para-hydroxylation sites is 1. The minimum atomic E-state index is -0.399. The number of carbonyl (C=O) groups excluding carboxylic acids is 2. The van der Waals surface area contributed by atoms with Gasteiger partial charge in [0.05, 0.1) is 23.0 Å². The van der Waals surface area contributed by atoms with E-state index in [-0.39, 0.29) is 41.2 Å². The molecule has 3 aromatic rings. The van der Waals surface area contributed by atoms with E-state index in [2.05, 4.69) is 21.8 Å². The number of non-ortho nitro benzene ring substituents is 1.